The highest BCUT2D eigenvalue weighted by atomic mass is 16.5. The van der Waals surface area contributed by atoms with Crippen LogP contribution in [-0.4, -0.2) is 74.6 Å². The molecule has 1 aliphatic heterocycles. The number of aryl methyl sites for hydroxylation is 1. The van der Waals surface area contributed by atoms with Crippen molar-refractivity contribution in [2.45, 2.75) is 19.3 Å². The molecule has 0 aromatic heterocycles. The summed E-state index contributed by atoms with van der Waals surface area (Å²) in [4.78, 5) is 29.0. The van der Waals surface area contributed by atoms with E-state index in [1.807, 2.05) is 59.5 Å². The molecular formula is C25H33N3O4. The fraction of sp³-hybridized carbons (Fsp3) is 0.440. The lowest BCUT2D eigenvalue weighted by Gasteiger charge is -2.22. The van der Waals surface area contributed by atoms with Crippen molar-refractivity contribution in [1.82, 2.24) is 15.1 Å². The third kappa shape index (κ3) is 7.89. The Balaban J connectivity index is 1.32. The lowest BCUT2D eigenvalue weighted by Crippen LogP contribution is -2.41. The van der Waals surface area contributed by atoms with Gasteiger partial charge in [-0.25, -0.2) is 0 Å². The van der Waals surface area contributed by atoms with Gasteiger partial charge in [0.15, 0.2) is 0 Å². The molecule has 0 aliphatic carbocycles. The van der Waals surface area contributed by atoms with Gasteiger partial charge in [-0.15, -0.1) is 0 Å². The minimum atomic E-state index is -0.0130. The molecule has 0 spiro atoms. The zero-order chi connectivity index (χ0) is 22.6. The fourth-order valence-corrected chi connectivity index (χ4v) is 3.72. The van der Waals surface area contributed by atoms with Crippen molar-refractivity contribution >= 4 is 11.8 Å². The van der Waals surface area contributed by atoms with Crippen molar-refractivity contribution in [2.24, 2.45) is 0 Å². The third-order valence-corrected chi connectivity index (χ3v) is 5.53. The van der Waals surface area contributed by atoms with Crippen LogP contribution in [0.25, 0.3) is 0 Å². The Morgan fingerprint density at radius 2 is 1.72 bits per heavy atom. The quantitative estimate of drug-likeness (QED) is 0.576. The highest BCUT2D eigenvalue weighted by molar-refractivity contribution is 5.78. The summed E-state index contributed by atoms with van der Waals surface area (Å²) in [6.07, 6.45) is 2.09. The highest BCUT2D eigenvalue weighted by Crippen LogP contribution is 2.14. The summed E-state index contributed by atoms with van der Waals surface area (Å²) >= 11 is 0. The number of nitrogens with one attached hydrogen (secondary N) is 1. The van der Waals surface area contributed by atoms with E-state index in [1.165, 1.54) is 0 Å². The van der Waals surface area contributed by atoms with Crippen LogP contribution < -0.4 is 14.8 Å². The van der Waals surface area contributed by atoms with Gasteiger partial charge in [0.05, 0.1) is 20.2 Å². The molecule has 7 nitrogen and oxygen atoms in total. The molecule has 0 unspecified atom stereocenters. The van der Waals surface area contributed by atoms with Crippen LogP contribution >= 0.6 is 0 Å². The van der Waals surface area contributed by atoms with Crippen molar-refractivity contribution in [3.8, 4) is 11.5 Å². The summed E-state index contributed by atoms with van der Waals surface area (Å²) in [6, 6.07) is 17.4. The maximum absolute atomic E-state index is 12.7. The average Bonchev–Trinajstić information content (AvgIpc) is 3.07. The summed E-state index contributed by atoms with van der Waals surface area (Å²) in [5, 5.41) is 2.91. The van der Waals surface area contributed by atoms with E-state index in [4.69, 9.17) is 9.47 Å². The second-order valence-electron chi connectivity index (χ2n) is 7.87. The summed E-state index contributed by atoms with van der Waals surface area (Å²) in [7, 11) is 1.64. The standard InChI is InChI=1S/C25H33N3O4/c1-31-22-11-8-21(9-12-22)10-13-25(30)28-16-5-15-27(17-18-28)20-24(29)26-14-19-32-23-6-3-2-4-7-23/h2-4,6-9,11-12H,5,10,13-20H2,1H3,(H,26,29). The third-order valence-electron chi connectivity index (χ3n) is 5.53. The number of carbonyl (C=O) groups is 2. The van der Waals surface area contributed by atoms with Crippen molar-refractivity contribution < 1.29 is 19.1 Å². The molecule has 2 aromatic rings. The van der Waals surface area contributed by atoms with E-state index in [0.29, 0.717) is 39.2 Å². The Morgan fingerprint density at radius 1 is 0.938 bits per heavy atom. The number of hydrogen-bond donors (Lipinski definition) is 1. The number of benzene rings is 2. The molecule has 1 heterocycles. The molecule has 0 saturated carbocycles. The summed E-state index contributed by atoms with van der Waals surface area (Å²) in [5.74, 6) is 1.78. The molecule has 32 heavy (non-hydrogen) atoms. The Bertz CT molecular complexity index is 842. The molecule has 0 bridgehead atoms. The van der Waals surface area contributed by atoms with Crippen LogP contribution in [0.5, 0.6) is 11.5 Å². The number of rotatable bonds is 10. The largest absolute Gasteiger partial charge is 0.497 e. The Kier molecular flexibility index (Phi) is 9.37. The van der Waals surface area contributed by atoms with E-state index in [2.05, 4.69) is 10.2 Å². The molecule has 2 amide bonds. The van der Waals surface area contributed by atoms with Gasteiger partial charge < -0.3 is 19.7 Å². The van der Waals surface area contributed by atoms with Crippen molar-refractivity contribution in [3.63, 3.8) is 0 Å². The van der Waals surface area contributed by atoms with Crippen LogP contribution in [0.4, 0.5) is 0 Å². The molecule has 1 aliphatic rings. The Labute approximate surface area is 190 Å². The molecule has 1 saturated heterocycles. The number of methoxy groups -OCH3 is 1. The molecule has 7 heteroatoms. The minimum Gasteiger partial charge on any atom is -0.497 e. The lowest BCUT2D eigenvalue weighted by molar-refractivity contribution is -0.131. The molecule has 0 radical (unpaired) electrons. The van der Waals surface area contributed by atoms with Gasteiger partial charge in [0.2, 0.25) is 11.8 Å². The first kappa shape index (κ1) is 23.6. The maximum atomic E-state index is 12.7. The van der Waals surface area contributed by atoms with Crippen molar-refractivity contribution in [3.05, 3.63) is 60.2 Å². The van der Waals surface area contributed by atoms with Gasteiger partial charge in [-0.3, -0.25) is 14.5 Å². The van der Waals surface area contributed by atoms with Crippen molar-refractivity contribution in [2.75, 3.05) is 53.0 Å². The molecular weight excluding hydrogens is 406 g/mol. The second kappa shape index (κ2) is 12.7. The first-order valence-corrected chi connectivity index (χ1v) is 11.2. The number of amides is 2. The van der Waals surface area contributed by atoms with Gasteiger partial charge in [-0.05, 0) is 42.7 Å². The SMILES string of the molecule is COc1ccc(CCC(=O)N2CCCN(CC(=O)NCCOc3ccccc3)CC2)cc1. The van der Waals surface area contributed by atoms with Gasteiger partial charge in [0, 0.05) is 32.6 Å². The number of carbonyl (C=O) groups excluding carboxylic acids is 2. The van der Waals surface area contributed by atoms with E-state index < -0.39 is 0 Å². The van der Waals surface area contributed by atoms with Crippen LogP contribution in [0, 0.1) is 0 Å². The fourth-order valence-electron chi connectivity index (χ4n) is 3.72. The molecule has 172 valence electrons. The van der Waals surface area contributed by atoms with E-state index in [0.717, 1.165) is 43.0 Å². The van der Waals surface area contributed by atoms with Gasteiger partial charge in [0.1, 0.15) is 18.1 Å². The highest BCUT2D eigenvalue weighted by Gasteiger charge is 2.20. The predicted octanol–water partition coefficient (Wildman–Crippen LogP) is 2.36. The predicted molar refractivity (Wildman–Crippen MR) is 124 cm³/mol. The van der Waals surface area contributed by atoms with Crippen LogP contribution in [0.1, 0.15) is 18.4 Å². The molecule has 1 N–H and O–H groups in total. The molecule has 3 rings (SSSR count). The number of para-hydroxylation sites is 1. The minimum absolute atomic E-state index is 0.0130. The summed E-state index contributed by atoms with van der Waals surface area (Å²) in [6.45, 7) is 4.18. The topological polar surface area (TPSA) is 71.1 Å². The summed E-state index contributed by atoms with van der Waals surface area (Å²) in [5.41, 5.74) is 1.13. The van der Waals surface area contributed by atoms with Gasteiger partial charge in [-0.2, -0.15) is 0 Å². The lowest BCUT2D eigenvalue weighted by atomic mass is 10.1. The van der Waals surface area contributed by atoms with Gasteiger partial charge in [0.25, 0.3) is 0 Å². The molecule has 2 aromatic carbocycles. The average molecular weight is 440 g/mol. The summed E-state index contributed by atoms with van der Waals surface area (Å²) < 4.78 is 10.8. The van der Waals surface area contributed by atoms with E-state index in [9.17, 15) is 9.59 Å². The number of nitrogens with zero attached hydrogens (tertiary/aromatic N) is 2. The second-order valence-corrected chi connectivity index (χ2v) is 7.87. The van der Waals surface area contributed by atoms with E-state index in [-0.39, 0.29) is 11.8 Å². The number of ether oxygens (including phenoxy) is 2. The molecule has 1 fully saturated rings. The van der Waals surface area contributed by atoms with Crippen LogP contribution in [0.15, 0.2) is 54.6 Å². The van der Waals surface area contributed by atoms with E-state index >= 15 is 0 Å². The monoisotopic (exact) mass is 439 g/mol. The normalized spacial score (nSPS) is 14.5. The Hall–Kier alpha value is -3.06. The first-order valence-electron chi connectivity index (χ1n) is 11.2. The van der Waals surface area contributed by atoms with Crippen LogP contribution in [0.2, 0.25) is 0 Å². The maximum Gasteiger partial charge on any atom is 0.234 e. The van der Waals surface area contributed by atoms with E-state index in [1.54, 1.807) is 7.11 Å². The van der Waals surface area contributed by atoms with Gasteiger partial charge in [-0.1, -0.05) is 30.3 Å². The molecule has 0 atom stereocenters. The smallest absolute Gasteiger partial charge is 0.234 e. The van der Waals surface area contributed by atoms with Crippen LogP contribution in [-0.2, 0) is 16.0 Å². The Morgan fingerprint density at radius 3 is 2.47 bits per heavy atom. The first-order chi connectivity index (χ1) is 15.6. The van der Waals surface area contributed by atoms with Crippen LogP contribution in [0.3, 0.4) is 0 Å². The van der Waals surface area contributed by atoms with Crippen molar-refractivity contribution in [1.29, 1.82) is 0 Å². The number of hydrogen-bond acceptors (Lipinski definition) is 5. The van der Waals surface area contributed by atoms with Gasteiger partial charge >= 0.3 is 0 Å². The zero-order valence-electron chi connectivity index (χ0n) is 18.8. The zero-order valence-corrected chi connectivity index (χ0v) is 18.8.